The monoisotopic (exact) mass is 292 g/mol. The first-order valence-corrected chi connectivity index (χ1v) is 5.78. The number of halogens is 3. The Labute approximate surface area is 112 Å². The van der Waals surface area contributed by atoms with Crippen LogP contribution in [0.25, 0.3) is 0 Å². The molecule has 0 spiro atoms. The molecule has 0 atom stereocenters. The van der Waals surface area contributed by atoms with Crippen LogP contribution in [0, 0.1) is 0 Å². The fraction of sp³-hybridized carbons (Fsp3) is 0.500. The molecular formula is C10H15F3N6O. The van der Waals surface area contributed by atoms with Crippen LogP contribution in [0.15, 0.2) is 6.07 Å². The van der Waals surface area contributed by atoms with Gasteiger partial charge in [-0.05, 0) is 12.8 Å². The lowest BCUT2D eigenvalue weighted by molar-refractivity contribution is -0.141. The zero-order valence-electron chi connectivity index (χ0n) is 10.5. The van der Waals surface area contributed by atoms with Crippen LogP contribution in [0.5, 0.6) is 0 Å². The number of hydrogen-bond donors (Lipinski definition) is 4. The summed E-state index contributed by atoms with van der Waals surface area (Å²) in [6.45, 7) is 0.353. The number of carbonyl (C=O) groups excluding carboxylic acids is 1. The number of aromatic nitrogens is 2. The van der Waals surface area contributed by atoms with Crippen molar-refractivity contribution in [3.8, 4) is 0 Å². The lowest BCUT2D eigenvalue weighted by Gasteiger charge is -2.11. The van der Waals surface area contributed by atoms with E-state index in [1.165, 1.54) is 0 Å². The van der Waals surface area contributed by atoms with Crippen molar-refractivity contribution in [1.82, 2.24) is 9.97 Å². The standard InChI is InChI=1S/C10H15F3N6O/c11-10(12,13)6-5-8(18-9(17-6)19-15)16-4-2-1-3-7(14)20/h5H,1-4,15H2,(H2,14,20)(H2,16,17,18,19). The highest BCUT2D eigenvalue weighted by molar-refractivity contribution is 5.73. The van der Waals surface area contributed by atoms with Gasteiger partial charge in [-0.2, -0.15) is 18.2 Å². The molecule has 0 aliphatic carbocycles. The molecule has 10 heteroatoms. The molecule has 1 aromatic rings. The Morgan fingerprint density at radius 1 is 1.30 bits per heavy atom. The lowest BCUT2D eigenvalue weighted by Crippen LogP contribution is -2.17. The number of alkyl halides is 3. The average Bonchev–Trinajstić information content (AvgIpc) is 2.36. The van der Waals surface area contributed by atoms with Crippen molar-refractivity contribution in [2.75, 3.05) is 17.3 Å². The molecule has 6 N–H and O–H groups in total. The second kappa shape index (κ2) is 6.89. The van der Waals surface area contributed by atoms with Gasteiger partial charge in [0, 0.05) is 19.0 Å². The molecule has 0 saturated heterocycles. The smallest absolute Gasteiger partial charge is 0.370 e. The highest BCUT2D eigenvalue weighted by Crippen LogP contribution is 2.29. The number of unbranched alkanes of at least 4 members (excludes halogenated alkanes) is 1. The minimum absolute atomic E-state index is 0.000602. The first kappa shape index (κ1) is 16.0. The number of nitrogens with zero attached hydrogens (tertiary/aromatic N) is 2. The Morgan fingerprint density at radius 2 is 2.00 bits per heavy atom. The Kier molecular flexibility index (Phi) is 5.50. The van der Waals surface area contributed by atoms with E-state index in [0.29, 0.717) is 19.4 Å². The summed E-state index contributed by atoms with van der Waals surface area (Å²) in [4.78, 5) is 17.5. The highest BCUT2D eigenvalue weighted by Gasteiger charge is 2.33. The van der Waals surface area contributed by atoms with Crippen LogP contribution in [0.1, 0.15) is 25.0 Å². The Bertz CT molecular complexity index is 465. The van der Waals surface area contributed by atoms with E-state index in [1.54, 1.807) is 0 Å². The van der Waals surface area contributed by atoms with Crippen molar-refractivity contribution in [3.63, 3.8) is 0 Å². The molecule has 0 fully saturated rings. The number of hydrazine groups is 1. The number of amides is 1. The molecule has 1 amide bonds. The minimum atomic E-state index is -4.59. The number of nitrogens with two attached hydrogens (primary N) is 2. The van der Waals surface area contributed by atoms with Gasteiger partial charge in [0.05, 0.1) is 0 Å². The van der Waals surface area contributed by atoms with Gasteiger partial charge in [0.2, 0.25) is 11.9 Å². The number of hydrogen-bond acceptors (Lipinski definition) is 6. The van der Waals surface area contributed by atoms with Gasteiger partial charge < -0.3 is 11.1 Å². The molecule has 0 aromatic carbocycles. The summed E-state index contributed by atoms with van der Waals surface area (Å²) < 4.78 is 37.7. The van der Waals surface area contributed by atoms with Crippen LogP contribution in [-0.4, -0.2) is 22.4 Å². The van der Waals surface area contributed by atoms with Crippen LogP contribution < -0.4 is 22.3 Å². The fourth-order valence-electron chi connectivity index (χ4n) is 1.39. The maximum absolute atomic E-state index is 12.6. The second-order valence-electron chi connectivity index (χ2n) is 3.95. The van der Waals surface area contributed by atoms with Crippen molar-refractivity contribution >= 4 is 17.7 Å². The van der Waals surface area contributed by atoms with Gasteiger partial charge >= 0.3 is 6.18 Å². The lowest BCUT2D eigenvalue weighted by atomic mass is 10.2. The van der Waals surface area contributed by atoms with E-state index in [2.05, 4.69) is 15.3 Å². The number of rotatable bonds is 7. The van der Waals surface area contributed by atoms with Crippen molar-refractivity contribution in [1.29, 1.82) is 0 Å². The second-order valence-corrected chi connectivity index (χ2v) is 3.95. The summed E-state index contributed by atoms with van der Waals surface area (Å²) in [6, 6.07) is 0.787. The SMILES string of the molecule is NNc1nc(NCCCCC(N)=O)cc(C(F)(F)F)n1. The summed E-state index contributed by atoms with van der Waals surface area (Å²) in [7, 11) is 0. The first-order valence-electron chi connectivity index (χ1n) is 5.78. The molecule has 112 valence electrons. The minimum Gasteiger partial charge on any atom is -0.370 e. The summed E-state index contributed by atoms with van der Waals surface area (Å²) in [5.74, 6) is 4.27. The molecule has 0 radical (unpaired) electrons. The van der Waals surface area contributed by atoms with Crippen LogP contribution in [0.4, 0.5) is 24.9 Å². The number of carbonyl (C=O) groups is 1. The zero-order valence-corrected chi connectivity index (χ0v) is 10.5. The van der Waals surface area contributed by atoms with Gasteiger partial charge in [0.15, 0.2) is 5.69 Å². The number of anilines is 2. The Morgan fingerprint density at radius 3 is 2.55 bits per heavy atom. The van der Waals surface area contributed by atoms with Crippen molar-refractivity contribution < 1.29 is 18.0 Å². The summed E-state index contributed by atoms with van der Waals surface area (Å²) in [5, 5.41) is 2.71. The molecule has 1 heterocycles. The molecular weight excluding hydrogens is 277 g/mol. The third-order valence-electron chi connectivity index (χ3n) is 2.30. The van der Waals surface area contributed by atoms with Crippen LogP contribution >= 0.6 is 0 Å². The Balaban J connectivity index is 2.63. The molecule has 1 aromatic heterocycles. The molecule has 0 unspecified atom stereocenters. The maximum atomic E-state index is 12.6. The third-order valence-corrected chi connectivity index (χ3v) is 2.30. The summed E-state index contributed by atoms with van der Waals surface area (Å²) >= 11 is 0. The molecule has 0 aliphatic rings. The van der Waals surface area contributed by atoms with Gasteiger partial charge in [0.1, 0.15) is 5.82 Å². The highest BCUT2D eigenvalue weighted by atomic mass is 19.4. The van der Waals surface area contributed by atoms with E-state index >= 15 is 0 Å². The zero-order chi connectivity index (χ0) is 15.2. The summed E-state index contributed by atoms with van der Waals surface area (Å²) in [6.07, 6.45) is -3.24. The fourth-order valence-corrected chi connectivity index (χ4v) is 1.39. The van der Waals surface area contributed by atoms with Crippen LogP contribution in [0.3, 0.4) is 0 Å². The molecule has 0 bridgehead atoms. The number of nitrogens with one attached hydrogen (secondary N) is 2. The van der Waals surface area contributed by atoms with E-state index in [1.807, 2.05) is 5.43 Å². The predicted molar refractivity (Wildman–Crippen MR) is 66.4 cm³/mol. The quantitative estimate of drug-likeness (QED) is 0.336. The normalized spacial score (nSPS) is 11.2. The Hall–Kier alpha value is -2.10. The van der Waals surface area contributed by atoms with E-state index in [-0.39, 0.29) is 18.2 Å². The van der Waals surface area contributed by atoms with E-state index in [9.17, 15) is 18.0 Å². The number of primary amides is 1. The van der Waals surface area contributed by atoms with Gasteiger partial charge in [-0.25, -0.2) is 10.8 Å². The molecule has 0 saturated carbocycles. The predicted octanol–water partition coefficient (Wildman–Crippen LogP) is 0.848. The largest absolute Gasteiger partial charge is 0.433 e. The number of nitrogen functional groups attached to an aromatic ring is 1. The van der Waals surface area contributed by atoms with E-state index < -0.39 is 17.8 Å². The maximum Gasteiger partial charge on any atom is 0.433 e. The van der Waals surface area contributed by atoms with Crippen LogP contribution in [-0.2, 0) is 11.0 Å². The van der Waals surface area contributed by atoms with Gasteiger partial charge in [-0.3, -0.25) is 10.2 Å². The van der Waals surface area contributed by atoms with Crippen molar-refractivity contribution in [2.24, 2.45) is 11.6 Å². The van der Waals surface area contributed by atoms with Crippen LogP contribution in [0.2, 0.25) is 0 Å². The van der Waals surface area contributed by atoms with Gasteiger partial charge in [0.25, 0.3) is 0 Å². The summed E-state index contributed by atoms with van der Waals surface area (Å²) in [5.41, 5.74) is 5.84. The van der Waals surface area contributed by atoms with E-state index in [0.717, 1.165) is 6.07 Å². The van der Waals surface area contributed by atoms with Crippen molar-refractivity contribution in [3.05, 3.63) is 11.8 Å². The van der Waals surface area contributed by atoms with E-state index in [4.69, 9.17) is 11.6 Å². The molecule has 20 heavy (non-hydrogen) atoms. The van der Waals surface area contributed by atoms with Gasteiger partial charge in [-0.1, -0.05) is 0 Å². The average molecular weight is 292 g/mol. The molecule has 7 nitrogen and oxygen atoms in total. The third kappa shape index (κ3) is 5.26. The first-order chi connectivity index (χ1) is 9.32. The van der Waals surface area contributed by atoms with Gasteiger partial charge in [-0.15, -0.1) is 0 Å². The van der Waals surface area contributed by atoms with Crippen molar-refractivity contribution in [2.45, 2.75) is 25.4 Å². The molecule has 0 aliphatic heterocycles. The topological polar surface area (TPSA) is 119 Å². The molecule has 1 rings (SSSR count).